The molecule has 5 aromatic heterocycles. The van der Waals surface area contributed by atoms with Crippen LogP contribution in [0, 0.1) is 23.7 Å². The van der Waals surface area contributed by atoms with E-state index in [1.165, 1.54) is 38.6 Å². The van der Waals surface area contributed by atoms with Crippen molar-refractivity contribution < 1.29 is 33.5 Å². The monoisotopic (exact) mass is 1070 g/mol. The van der Waals surface area contributed by atoms with Crippen LogP contribution in [-0.2, 0) is 32.3 Å². The van der Waals surface area contributed by atoms with Gasteiger partial charge in [0.25, 0.3) is 11.8 Å². The molecule has 6 amide bonds. The van der Waals surface area contributed by atoms with Gasteiger partial charge in [-0.15, -0.1) is 0 Å². The van der Waals surface area contributed by atoms with Crippen LogP contribution in [0.3, 0.4) is 0 Å². The van der Waals surface area contributed by atoms with Crippen molar-refractivity contribution in [2.24, 2.45) is 0 Å². The minimum Gasteiger partial charge on any atom is -0.493 e. The van der Waals surface area contributed by atoms with E-state index in [0.717, 1.165) is 49.7 Å². The Labute approximate surface area is 457 Å². The number of ether oxygens (including phenoxy) is 1. The lowest BCUT2D eigenvalue weighted by Crippen LogP contribution is -2.46. The first kappa shape index (κ1) is 57.1. The maximum Gasteiger partial charge on any atom is 0.275 e. The molecule has 7 aromatic rings. The number of carbonyl (C=O) groups is 6. The lowest BCUT2D eigenvalue weighted by molar-refractivity contribution is -0.127. The van der Waals surface area contributed by atoms with E-state index in [1.54, 1.807) is 21.8 Å². The minimum absolute atomic E-state index is 0.111. The SMILES string of the molecule is CCCCNC(=O)C(CC#Cc1cccc(Cn2cnc3c(NC(=O)c4cc(OCCCC)cc(C(=O)Nc5ncnc6c5ncn6Cc5cccc(C#CCC(NC(C)=O)C(=O)NCCCC)c5)n4)ncnc32)c1)NC(C)=O. The van der Waals surface area contributed by atoms with E-state index in [4.69, 9.17) is 4.74 Å². The topological polar surface area (TPSA) is 284 Å². The van der Waals surface area contributed by atoms with Gasteiger partial charge in [-0.05, 0) is 54.7 Å². The van der Waals surface area contributed by atoms with Crippen molar-refractivity contribution in [2.75, 3.05) is 30.3 Å². The predicted molar refractivity (Wildman–Crippen MR) is 296 cm³/mol. The van der Waals surface area contributed by atoms with Gasteiger partial charge in [-0.3, -0.25) is 28.8 Å². The Morgan fingerprint density at radius 2 is 1.04 bits per heavy atom. The molecule has 0 aliphatic rings. The molecule has 79 heavy (non-hydrogen) atoms. The highest BCUT2D eigenvalue weighted by atomic mass is 16.5. The summed E-state index contributed by atoms with van der Waals surface area (Å²) in [5, 5.41) is 16.6. The molecule has 2 unspecified atom stereocenters. The molecule has 0 aliphatic carbocycles. The molecular formula is C57H63N15O7. The predicted octanol–water partition coefficient (Wildman–Crippen LogP) is 5.47. The van der Waals surface area contributed by atoms with Gasteiger partial charge in [0.15, 0.2) is 34.0 Å². The molecule has 2 atom stereocenters. The molecule has 0 bridgehead atoms. The van der Waals surface area contributed by atoms with Crippen LogP contribution in [-0.4, -0.2) is 111 Å². The van der Waals surface area contributed by atoms with E-state index < -0.39 is 23.9 Å². The van der Waals surface area contributed by atoms with Crippen LogP contribution in [0.4, 0.5) is 11.6 Å². The first-order valence-electron chi connectivity index (χ1n) is 26.2. The summed E-state index contributed by atoms with van der Waals surface area (Å²) in [6.07, 6.45) is 11.1. The summed E-state index contributed by atoms with van der Waals surface area (Å²) >= 11 is 0. The van der Waals surface area contributed by atoms with Crippen molar-refractivity contribution in [1.29, 1.82) is 0 Å². The molecule has 408 valence electrons. The standard InChI is InChI=1S/C57H63N15O7/c1-6-9-24-58-54(75)44(66-37(4)73)22-14-18-39-16-12-20-41(27-39)31-71-35-64-48-50(60-33-62-52(48)71)69-56(77)46-29-43(79-26-11-8-3)30-47(68-46)57(78)70-51-49-53(63-34-61-51)72(36-65-49)32-42-21-13-17-40(28-42)19-15-23-45(67-38(5)74)55(76)59-25-10-7-2/h12-13,16-17,20-21,27-30,33-36,44-45H,6-11,22-26,31-32H2,1-5H3,(H,58,75)(H,59,76)(H,66,73)(H,67,74)(H,60,62,69,77)(H,61,63,70,78). The van der Waals surface area contributed by atoms with Crippen LogP contribution in [0.15, 0.2) is 86.0 Å². The fourth-order valence-corrected chi connectivity index (χ4v) is 8.01. The van der Waals surface area contributed by atoms with Gasteiger partial charge in [0.1, 0.15) is 41.9 Å². The van der Waals surface area contributed by atoms with E-state index >= 15 is 0 Å². The summed E-state index contributed by atoms with van der Waals surface area (Å²) in [6, 6.07) is 16.4. The average molecular weight is 1070 g/mol. The molecule has 5 heterocycles. The molecule has 0 fully saturated rings. The first-order valence-corrected chi connectivity index (χ1v) is 26.2. The fraction of sp³-hybridized carbons (Fsp3) is 0.351. The lowest BCUT2D eigenvalue weighted by Gasteiger charge is -2.15. The molecule has 0 saturated carbocycles. The zero-order valence-electron chi connectivity index (χ0n) is 44.8. The summed E-state index contributed by atoms with van der Waals surface area (Å²) in [5.74, 6) is 10.2. The molecule has 0 saturated heterocycles. The number of benzene rings is 2. The van der Waals surface area contributed by atoms with Gasteiger partial charge in [-0.2, -0.15) is 0 Å². The highest BCUT2D eigenvalue weighted by molar-refractivity contribution is 6.09. The fourth-order valence-electron chi connectivity index (χ4n) is 8.01. The third kappa shape index (κ3) is 16.5. The Kier molecular flexibility index (Phi) is 20.6. The number of imidazole rings is 2. The Bertz CT molecular complexity index is 3240. The van der Waals surface area contributed by atoms with Crippen molar-refractivity contribution in [1.82, 2.24) is 65.3 Å². The van der Waals surface area contributed by atoms with Crippen LogP contribution in [0.25, 0.3) is 22.3 Å². The van der Waals surface area contributed by atoms with Crippen molar-refractivity contribution in [2.45, 2.75) is 111 Å². The number of unbranched alkanes of at least 4 members (excludes halogenated alkanes) is 3. The number of aromatic nitrogens is 9. The normalized spacial score (nSPS) is 11.5. The summed E-state index contributed by atoms with van der Waals surface area (Å²) in [5.41, 5.74) is 4.39. The molecule has 6 N–H and O–H groups in total. The Balaban J connectivity index is 1.03. The van der Waals surface area contributed by atoms with Gasteiger partial charge in [0, 0.05) is 63.0 Å². The molecule has 22 nitrogen and oxygen atoms in total. The molecule has 7 rings (SSSR count). The van der Waals surface area contributed by atoms with Gasteiger partial charge in [-0.1, -0.05) is 88.0 Å². The quantitative estimate of drug-likeness (QED) is 0.0324. The Hall–Kier alpha value is -9.57. The highest BCUT2D eigenvalue weighted by Crippen LogP contribution is 2.24. The number of hydrogen-bond acceptors (Lipinski definition) is 14. The molecule has 0 aliphatic heterocycles. The second-order valence-electron chi connectivity index (χ2n) is 18.4. The highest BCUT2D eigenvalue weighted by Gasteiger charge is 2.22. The largest absolute Gasteiger partial charge is 0.493 e. The van der Waals surface area contributed by atoms with Gasteiger partial charge < -0.3 is 45.8 Å². The molecule has 22 heteroatoms. The second-order valence-corrected chi connectivity index (χ2v) is 18.4. The summed E-state index contributed by atoms with van der Waals surface area (Å²) in [6.45, 7) is 10.9. The third-order valence-corrected chi connectivity index (χ3v) is 12.0. The zero-order valence-corrected chi connectivity index (χ0v) is 44.8. The number of hydrogen-bond donors (Lipinski definition) is 6. The summed E-state index contributed by atoms with van der Waals surface area (Å²) in [4.78, 5) is 108. The van der Waals surface area contributed by atoms with Gasteiger partial charge in [0.05, 0.1) is 32.4 Å². The maximum absolute atomic E-state index is 14.0. The number of amides is 6. The van der Waals surface area contributed by atoms with Crippen molar-refractivity contribution >= 4 is 69.4 Å². The number of carbonyl (C=O) groups excluding carboxylic acids is 6. The number of pyridine rings is 1. The average Bonchev–Trinajstić information content (AvgIpc) is 4.18. The number of nitrogens with one attached hydrogen (secondary N) is 6. The van der Waals surface area contributed by atoms with Gasteiger partial charge in [0.2, 0.25) is 23.6 Å². The number of nitrogens with zero attached hydrogens (tertiary/aromatic N) is 9. The van der Waals surface area contributed by atoms with Crippen molar-refractivity contribution in [3.05, 3.63) is 120 Å². The Morgan fingerprint density at radius 1 is 0.582 bits per heavy atom. The van der Waals surface area contributed by atoms with E-state index in [2.05, 4.69) is 90.5 Å². The van der Waals surface area contributed by atoms with Gasteiger partial charge >= 0.3 is 0 Å². The van der Waals surface area contributed by atoms with Crippen LogP contribution < -0.4 is 36.6 Å². The lowest BCUT2D eigenvalue weighted by atomic mass is 10.1. The van der Waals surface area contributed by atoms with Crippen molar-refractivity contribution in [3.8, 4) is 29.4 Å². The van der Waals surface area contributed by atoms with Crippen LogP contribution in [0.1, 0.15) is 129 Å². The van der Waals surface area contributed by atoms with Crippen LogP contribution in [0.5, 0.6) is 5.75 Å². The maximum atomic E-state index is 14.0. The van der Waals surface area contributed by atoms with E-state index in [-0.39, 0.29) is 65.2 Å². The molecular weight excluding hydrogens is 1010 g/mol. The third-order valence-electron chi connectivity index (χ3n) is 12.0. The van der Waals surface area contributed by atoms with Crippen molar-refractivity contribution in [3.63, 3.8) is 0 Å². The van der Waals surface area contributed by atoms with Crippen LogP contribution in [0.2, 0.25) is 0 Å². The second kappa shape index (κ2) is 28.5. The Morgan fingerprint density at radius 3 is 1.47 bits per heavy atom. The van der Waals surface area contributed by atoms with Gasteiger partial charge in [-0.25, -0.2) is 34.9 Å². The zero-order chi connectivity index (χ0) is 56.1. The van der Waals surface area contributed by atoms with E-state index in [1.807, 2.05) is 69.3 Å². The molecule has 0 radical (unpaired) electrons. The summed E-state index contributed by atoms with van der Waals surface area (Å²) in [7, 11) is 0. The first-order chi connectivity index (χ1) is 38.3. The number of rotatable bonds is 24. The van der Waals surface area contributed by atoms with Crippen LogP contribution >= 0.6 is 0 Å². The minimum atomic E-state index is -0.780. The smallest absolute Gasteiger partial charge is 0.275 e. The number of fused-ring (bicyclic) bond motifs is 2. The van der Waals surface area contributed by atoms with E-state index in [0.29, 0.717) is 66.2 Å². The number of anilines is 2. The molecule has 0 spiro atoms. The summed E-state index contributed by atoms with van der Waals surface area (Å²) < 4.78 is 9.58. The van der Waals surface area contributed by atoms with E-state index in [9.17, 15) is 28.8 Å². The molecule has 2 aromatic carbocycles.